The van der Waals surface area contributed by atoms with Crippen molar-refractivity contribution in [3.05, 3.63) is 23.8 Å². The molecule has 1 aromatic rings. The Hall–Kier alpha value is -1.75. The van der Waals surface area contributed by atoms with E-state index in [4.69, 9.17) is 4.74 Å². The molecule has 104 valence electrons. The molecule has 0 aliphatic carbocycles. The lowest BCUT2D eigenvalue weighted by Crippen LogP contribution is -2.48. The molecule has 5 nitrogen and oxygen atoms in total. The molecule has 1 amide bonds. The zero-order valence-corrected chi connectivity index (χ0v) is 11.3. The summed E-state index contributed by atoms with van der Waals surface area (Å²) in [6, 6.07) is 4.78. The van der Waals surface area contributed by atoms with E-state index in [1.54, 1.807) is 25.3 Å². The Morgan fingerprint density at radius 1 is 1.53 bits per heavy atom. The summed E-state index contributed by atoms with van der Waals surface area (Å²) in [7, 11) is 1.59. The first-order chi connectivity index (χ1) is 9.11. The Bertz CT molecular complexity index is 462. The second-order valence-electron chi connectivity index (χ2n) is 4.80. The van der Waals surface area contributed by atoms with Crippen LogP contribution in [0.5, 0.6) is 11.5 Å². The van der Waals surface area contributed by atoms with Crippen LogP contribution in [-0.2, 0) is 4.79 Å². The van der Waals surface area contributed by atoms with Gasteiger partial charge in [0.2, 0.25) is 5.91 Å². The average molecular weight is 264 g/mol. The highest BCUT2D eigenvalue weighted by molar-refractivity contribution is 5.82. The standard InChI is InChI=1S/C14H20N2O3/c1-9(16-12-4-3-7-15-14(12)18)11-8-10(19-2)5-6-13(11)17/h5-6,8-9,12,16-17H,3-4,7H2,1-2H3,(H,15,18). The average Bonchev–Trinajstić information content (AvgIpc) is 2.42. The molecule has 0 spiro atoms. The molecule has 2 atom stereocenters. The number of hydrogen-bond acceptors (Lipinski definition) is 4. The first kappa shape index (κ1) is 13.7. The number of carbonyl (C=O) groups is 1. The number of aromatic hydroxyl groups is 1. The minimum Gasteiger partial charge on any atom is -0.508 e. The fourth-order valence-corrected chi connectivity index (χ4v) is 2.33. The van der Waals surface area contributed by atoms with Gasteiger partial charge >= 0.3 is 0 Å². The maximum Gasteiger partial charge on any atom is 0.237 e. The smallest absolute Gasteiger partial charge is 0.237 e. The first-order valence-electron chi connectivity index (χ1n) is 6.52. The van der Waals surface area contributed by atoms with Crippen molar-refractivity contribution < 1.29 is 14.6 Å². The van der Waals surface area contributed by atoms with Gasteiger partial charge in [-0.05, 0) is 38.0 Å². The van der Waals surface area contributed by atoms with E-state index in [1.165, 1.54) is 0 Å². The van der Waals surface area contributed by atoms with Crippen molar-refractivity contribution >= 4 is 5.91 Å². The summed E-state index contributed by atoms with van der Waals surface area (Å²) < 4.78 is 5.15. The van der Waals surface area contributed by atoms with E-state index in [0.717, 1.165) is 24.9 Å². The van der Waals surface area contributed by atoms with Crippen LogP contribution in [0.4, 0.5) is 0 Å². The molecule has 0 radical (unpaired) electrons. The molecule has 19 heavy (non-hydrogen) atoms. The van der Waals surface area contributed by atoms with Gasteiger partial charge in [0, 0.05) is 18.2 Å². The number of phenols is 1. The molecule has 1 heterocycles. The molecule has 2 rings (SSSR count). The van der Waals surface area contributed by atoms with Crippen LogP contribution in [0, 0.1) is 0 Å². The number of benzene rings is 1. The summed E-state index contributed by atoms with van der Waals surface area (Å²) in [6.07, 6.45) is 1.79. The Morgan fingerprint density at radius 2 is 2.32 bits per heavy atom. The fourth-order valence-electron chi connectivity index (χ4n) is 2.33. The third-order valence-electron chi connectivity index (χ3n) is 3.44. The van der Waals surface area contributed by atoms with Gasteiger partial charge in [-0.2, -0.15) is 0 Å². The molecule has 1 aliphatic rings. The maximum atomic E-state index is 11.7. The van der Waals surface area contributed by atoms with E-state index in [0.29, 0.717) is 5.75 Å². The van der Waals surface area contributed by atoms with Gasteiger partial charge in [-0.1, -0.05) is 0 Å². The van der Waals surface area contributed by atoms with Crippen molar-refractivity contribution in [2.75, 3.05) is 13.7 Å². The molecule has 1 saturated heterocycles. The number of carbonyl (C=O) groups excluding carboxylic acids is 1. The predicted molar refractivity (Wildman–Crippen MR) is 72.2 cm³/mol. The van der Waals surface area contributed by atoms with Crippen molar-refractivity contribution in [1.29, 1.82) is 0 Å². The van der Waals surface area contributed by atoms with Gasteiger partial charge < -0.3 is 15.2 Å². The Kier molecular flexibility index (Phi) is 4.27. The van der Waals surface area contributed by atoms with Crippen molar-refractivity contribution in [3.63, 3.8) is 0 Å². The number of piperidine rings is 1. The first-order valence-corrected chi connectivity index (χ1v) is 6.52. The largest absolute Gasteiger partial charge is 0.508 e. The van der Waals surface area contributed by atoms with Crippen LogP contribution in [-0.4, -0.2) is 30.7 Å². The number of hydrogen-bond donors (Lipinski definition) is 3. The Balaban J connectivity index is 2.10. The normalized spacial score (nSPS) is 20.7. The molecule has 5 heteroatoms. The highest BCUT2D eigenvalue weighted by Gasteiger charge is 2.24. The van der Waals surface area contributed by atoms with Crippen molar-refractivity contribution in [3.8, 4) is 11.5 Å². The lowest BCUT2D eigenvalue weighted by atomic mass is 10.0. The Morgan fingerprint density at radius 3 is 3.00 bits per heavy atom. The molecular formula is C14H20N2O3. The number of amides is 1. The third-order valence-corrected chi connectivity index (χ3v) is 3.44. The van der Waals surface area contributed by atoms with E-state index in [9.17, 15) is 9.90 Å². The van der Waals surface area contributed by atoms with Crippen LogP contribution in [0.3, 0.4) is 0 Å². The molecule has 2 unspecified atom stereocenters. The lowest BCUT2D eigenvalue weighted by molar-refractivity contribution is -0.124. The van der Waals surface area contributed by atoms with Crippen LogP contribution in [0.15, 0.2) is 18.2 Å². The van der Waals surface area contributed by atoms with E-state index in [1.807, 2.05) is 6.92 Å². The predicted octanol–water partition coefficient (Wildman–Crippen LogP) is 1.33. The van der Waals surface area contributed by atoms with Crippen molar-refractivity contribution in [1.82, 2.24) is 10.6 Å². The summed E-state index contributed by atoms with van der Waals surface area (Å²) in [5.74, 6) is 0.923. The number of phenolic OH excluding ortho intramolecular Hbond substituents is 1. The SMILES string of the molecule is COc1ccc(O)c(C(C)NC2CCCNC2=O)c1. The second-order valence-corrected chi connectivity index (χ2v) is 4.80. The molecule has 0 bridgehead atoms. The van der Waals surface area contributed by atoms with Gasteiger partial charge in [-0.25, -0.2) is 0 Å². The van der Waals surface area contributed by atoms with Crippen LogP contribution in [0.1, 0.15) is 31.4 Å². The zero-order valence-electron chi connectivity index (χ0n) is 11.3. The van der Waals surface area contributed by atoms with Crippen LogP contribution in [0.25, 0.3) is 0 Å². The van der Waals surface area contributed by atoms with Crippen LogP contribution in [0.2, 0.25) is 0 Å². The van der Waals surface area contributed by atoms with Crippen molar-refractivity contribution in [2.45, 2.75) is 31.8 Å². The van der Waals surface area contributed by atoms with Gasteiger partial charge in [0.25, 0.3) is 0 Å². The summed E-state index contributed by atoms with van der Waals surface area (Å²) in [6.45, 7) is 2.67. The van der Waals surface area contributed by atoms with Crippen molar-refractivity contribution in [2.24, 2.45) is 0 Å². The molecule has 1 aliphatic heterocycles. The molecule has 1 aromatic carbocycles. The number of methoxy groups -OCH3 is 1. The molecular weight excluding hydrogens is 244 g/mol. The highest BCUT2D eigenvalue weighted by atomic mass is 16.5. The summed E-state index contributed by atoms with van der Waals surface area (Å²) in [5, 5.41) is 16.0. The number of ether oxygens (including phenoxy) is 1. The van der Waals surface area contributed by atoms with E-state index in [2.05, 4.69) is 10.6 Å². The quantitative estimate of drug-likeness (QED) is 0.767. The van der Waals surface area contributed by atoms with Gasteiger partial charge in [0.15, 0.2) is 0 Å². The molecule has 1 fully saturated rings. The topological polar surface area (TPSA) is 70.6 Å². The van der Waals surface area contributed by atoms with E-state index < -0.39 is 0 Å². The minimum atomic E-state index is -0.200. The summed E-state index contributed by atoms with van der Waals surface area (Å²) >= 11 is 0. The van der Waals surface area contributed by atoms with Gasteiger partial charge in [0.05, 0.1) is 13.2 Å². The minimum absolute atomic E-state index is 0.0282. The molecule has 0 saturated carbocycles. The maximum absolute atomic E-state index is 11.7. The zero-order chi connectivity index (χ0) is 13.8. The van der Waals surface area contributed by atoms with Gasteiger partial charge in [-0.3, -0.25) is 10.1 Å². The number of nitrogens with one attached hydrogen (secondary N) is 2. The van der Waals surface area contributed by atoms with Crippen LogP contribution < -0.4 is 15.4 Å². The van der Waals surface area contributed by atoms with Gasteiger partial charge in [0.1, 0.15) is 11.5 Å². The monoisotopic (exact) mass is 264 g/mol. The summed E-state index contributed by atoms with van der Waals surface area (Å²) in [4.78, 5) is 11.7. The van der Waals surface area contributed by atoms with E-state index in [-0.39, 0.29) is 23.7 Å². The third kappa shape index (κ3) is 3.17. The molecule has 3 N–H and O–H groups in total. The Labute approximate surface area is 113 Å². The van der Waals surface area contributed by atoms with E-state index >= 15 is 0 Å². The summed E-state index contributed by atoms with van der Waals surface area (Å²) in [5.41, 5.74) is 0.734. The second kappa shape index (κ2) is 5.93. The fraction of sp³-hybridized carbons (Fsp3) is 0.500. The lowest BCUT2D eigenvalue weighted by Gasteiger charge is -2.26. The highest BCUT2D eigenvalue weighted by Crippen LogP contribution is 2.28. The van der Waals surface area contributed by atoms with Crippen LogP contribution >= 0.6 is 0 Å². The molecule has 0 aromatic heterocycles. The van der Waals surface area contributed by atoms with Gasteiger partial charge in [-0.15, -0.1) is 0 Å². The number of rotatable bonds is 4.